The topological polar surface area (TPSA) is 80.0 Å². The highest BCUT2D eigenvalue weighted by molar-refractivity contribution is 5.73. The van der Waals surface area contributed by atoms with E-state index in [-0.39, 0.29) is 12.5 Å². The molecule has 0 aliphatic rings. The Labute approximate surface area is 125 Å². The van der Waals surface area contributed by atoms with Gasteiger partial charge in [-0.25, -0.2) is 0 Å². The third-order valence-electron chi connectivity index (χ3n) is 3.11. The van der Waals surface area contributed by atoms with Crippen molar-refractivity contribution in [3.63, 3.8) is 0 Å². The third-order valence-corrected chi connectivity index (χ3v) is 3.11. The van der Waals surface area contributed by atoms with Crippen molar-refractivity contribution in [3.8, 4) is 17.2 Å². The van der Waals surface area contributed by atoms with Gasteiger partial charge in [0.15, 0.2) is 11.5 Å². The summed E-state index contributed by atoms with van der Waals surface area (Å²) in [5.74, 6) is 0.920. The highest BCUT2D eigenvalue weighted by Gasteiger charge is 2.21. The Bertz CT molecular complexity index is 450. The molecule has 21 heavy (non-hydrogen) atoms. The Hall–Kier alpha value is -1.95. The summed E-state index contributed by atoms with van der Waals surface area (Å²) in [6.45, 7) is 2.32. The number of methoxy groups -OCH3 is 3. The molecule has 6 nitrogen and oxygen atoms in total. The van der Waals surface area contributed by atoms with Crippen molar-refractivity contribution in [1.82, 2.24) is 0 Å². The largest absolute Gasteiger partial charge is 0.493 e. The Balaban J connectivity index is 3.04. The number of ether oxygens (including phenoxy) is 4. The Kier molecular flexibility index (Phi) is 6.81. The van der Waals surface area contributed by atoms with Crippen molar-refractivity contribution in [2.24, 2.45) is 11.7 Å². The molecule has 0 amide bonds. The van der Waals surface area contributed by atoms with Crippen LogP contribution >= 0.6 is 0 Å². The molecule has 0 fully saturated rings. The van der Waals surface area contributed by atoms with Crippen LogP contribution in [-0.2, 0) is 16.0 Å². The summed E-state index contributed by atoms with van der Waals surface area (Å²) in [6.07, 6.45) is 0.450. The van der Waals surface area contributed by atoms with Crippen LogP contribution in [0, 0.1) is 5.92 Å². The Morgan fingerprint density at radius 3 is 2.10 bits per heavy atom. The van der Waals surface area contributed by atoms with E-state index in [1.54, 1.807) is 28.3 Å². The van der Waals surface area contributed by atoms with Gasteiger partial charge in [0.1, 0.15) is 0 Å². The van der Waals surface area contributed by atoms with E-state index in [4.69, 9.17) is 24.7 Å². The summed E-state index contributed by atoms with van der Waals surface area (Å²) in [7, 11) is 4.64. The SMILES string of the molecule is CCOC(=O)C(CN)Cc1cc(OC)c(OC)c(OC)c1. The second-order valence-corrected chi connectivity index (χ2v) is 4.42. The van der Waals surface area contributed by atoms with Crippen LogP contribution in [0.3, 0.4) is 0 Å². The second kappa shape index (κ2) is 8.36. The summed E-state index contributed by atoms with van der Waals surface area (Å²) in [5, 5.41) is 0. The van der Waals surface area contributed by atoms with Crippen molar-refractivity contribution in [2.75, 3.05) is 34.5 Å². The lowest BCUT2D eigenvalue weighted by molar-refractivity contribution is -0.147. The predicted molar refractivity (Wildman–Crippen MR) is 79.0 cm³/mol. The zero-order valence-corrected chi connectivity index (χ0v) is 13.0. The number of esters is 1. The third kappa shape index (κ3) is 4.26. The normalized spacial score (nSPS) is 11.7. The molecule has 1 atom stereocenters. The van der Waals surface area contributed by atoms with Crippen LogP contribution in [0.15, 0.2) is 12.1 Å². The maximum atomic E-state index is 11.8. The lowest BCUT2D eigenvalue weighted by Gasteiger charge is -2.17. The van der Waals surface area contributed by atoms with E-state index in [9.17, 15) is 4.79 Å². The van der Waals surface area contributed by atoms with Crippen LogP contribution in [0.25, 0.3) is 0 Å². The Morgan fingerprint density at radius 2 is 1.71 bits per heavy atom. The van der Waals surface area contributed by atoms with E-state index in [0.29, 0.717) is 30.3 Å². The summed E-state index contributed by atoms with van der Waals surface area (Å²) >= 11 is 0. The predicted octanol–water partition coefficient (Wildman–Crippen LogP) is 1.39. The van der Waals surface area contributed by atoms with E-state index in [1.165, 1.54) is 0 Å². The average molecular weight is 297 g/mol. The lowest BCUT2D eigenvalue weighted by Crippen LogP contribution is -2.27. The highest BCUT2D eigenvalue weighted by atomic mass is 16.5. The smallest absolute Gasteiger partial charge is 0.310 e. The van der Waals surface area contributed by atoms with Crippen LogP contribution in [0.1, 0.15) is 12.5 Å². The van der Waals surface area contributed by atoms with Gasteiger partial charge >= 0.3 is 5.97 Å². The van der Waals surface area contributed by atoms with Crippen molar-refractivity contribution in [3.05, 3.63) is 17.7 Å². The molecule has 0 heterocycles. The van der Waals surface area contributed by atoms with Crippen LogP contribution < -0.4 is 19.9 Å². The molecule has 1 unspecified atom stereocenters. The van der Waals surface area contributed by atoms with Crippen LogP contribution in [0.4, 0.5) is 0 Å². The van der Waals surface area contributed by atoms with Gasteiger partial charge in [0, 0.05) is 6.54 Å². The number of hydrogen-bond acceptors (Lipinski definition) is 6. The summed E-state index contributed by atoms with van der Waals surface area (Å²) in [4.78, 5) is 11.8. The lowest BCUT2D eigenvalue weighted by atomic mass is 9.99. The number of carbonyl (C=O) groups is 1. The van der Waals surface area contributed by atoms with E-state index in [2.05, 4.69) is 0 Å². The summed E-state index contributed by atoms with van der Waals surface area (Å²) in [6, 6.07) is 3.62. The van der Waals surface area contributed by atoms with E-state index in [1.807, 2.05) is 12.1 Å². The molecule has 0 saturated carbocycles. The molecule has 1 rings (SSSR count). The summed E-state index contributed by atoms with van der Waals surface area (Å²) in [5.41, 5.74) is 6.53. The molecule has 0 aromatic heterocycles. The highest BCUT2D eigenvalue weighted by Crippen LogP contribution is 2.38. The van der Waals surface area contributed by atoms with Gasteiger partial charge in [-0.15, -0.1) is 0 Å². The maximum Gasteiger partial charge on any atom is 0.310 e. The molecule has 1 aromatic carbocycles. The van der Waals surface area contributed by atoms with Gasteiger partial charge < -0.3 is 24.7 Å². The molecule has 6 heteroatoms. The quantitative estimate of drug-likeness (QED) is 0.730. The average Bonchev–Trinajstić information content (AvgIpc) is 2.51. The fourth-order valence-corrected chi connectivity index (χ4v) is 2.06. The number of rotatable bonds is 8. The van der Waals surface area contributed by atoms with Gasteiger partial charge in [-0.2, -0.15) is 0 Å². The fourth-order valence-electron chi connectivity index (χ4n) is 2.06. The minimum absolute atomic E-state index is 0.218. The first-order valence-corrected chi connectivity index (χ1v) is 6.76. The minimum Gasteiger partial charge on any atom is -0.493 e. The molecular formula is C15H23NO5. The van der Waals surface area contributed by atoms with E-state index in [0.717, 1.165) is 5.56 Å². The van der Waals surface area contributed by atoms with E-state index < -0.39 is 5.92 Å². The van der Waals surface area contributed by atoms with Gasteiger partial charge in [-0.05, 0) is 31.0 Å². The number of hydrogen-bond donors (Lipinski definition) is 1. The molecule has 0 radical (unpaired) electrons. The molecule has 0 aliphatic carbocycles. The maximum absolute atomic E-state index is 11.8. The van der Waals surface area contributed by atoms with Crippen LogP contribution in [-0.4, -0.2) is 40.5 Å². The van der Waals surface area contributed by atoms with E-state index >= 15 is 0 Å². The molecule has 0 spiro atoms. The molecule has 118 valence electrons. The molecule has 2 N–H and O–H groups in total. The van der Waals surface area contributed by atoms with Crippen LogP contribution in [0.2, 0.25) is 0 Å². The van der Waals surface area contributed by atoms with Crippen molar-refractivity contribution >= 4 is 5.97 Å². The van der Waals surface area contributed by atoms with Crippen molar-refractivity contribution < 1.29 is 23.7 Å². The second-order valence-electron chi connectivity index (χ2n) is 4.42. The first-order valence-electron chi connectivity index (χ1n) is 6.76. The number of benzene rings is 1. The first kappa shape index (κ1) is 17.1. The first-order chi connectivity index (χ1) is 10.1. The monoisotopic (exact) mass is 297 g/mol. The summed E-state index contributed by atoms with van der Waals surface area (Å²) < 4.78 is 20.9. The van der Waals surface area contributed by atoms with Gasteiger partial charge in [-0.3, -0.25) is 4.79 Å². The Morgan fingerprint density at radius 1 is 1.14 bits per heavy atom. The molecule has 1 aromatic rings. The molecule has 0 saturated heterocycles. The number of carbonyl (C=O) groups excluding carboxylic acids is 1. The zero-order valence-electron chi connectivity index (χ0n) is 13.0. The van der Waals surface area contributed by atoms with Crippen LogP contribution in [0.5, 0.6) is 17.2 Å². The fraction of sp³-hybridized carbons (Fsp3) is 0.533. The molecule has 0 aliphatic heterocycles. The van der Waals surface area contributed by atoms with Gasteiger partial charge in [-0.1, -0.05) is 0 Å². The van der Waals surface area contributed by atoms with Crippen molar-refractivity contribution in [2.45, 2.75) is 13.3 Å². The zero-order chi connectivity index (χ0) is 15.8. The van der Waals surface area contributed by atoms with Gasteiger partial charge in [0.05, 0.1) is 33.9 Å². The van der Waals surface area contributed by atoms with Gasteiger partial charge in [0.2, 0.25) is 5.75 Å². The standard InChI is InChI=1S/C15H23NO5/c1-5-21-15(17)11(9-16)6-10-7-12(18-2)14(20-4)13(8-10)19-3/h7-8,11H,5-6,9,16H2,1-4H3. The van der Waals surface area contributed by atoms with Crippen molar-refractivity contribution in [1.29, 1.82) is 0 Å². The van der Waals surface area contributed by atoms with Gasteiger partial charge in [0.25, 0.3) is 0 Å². The molecule has 0 bridgehead atoms. The molecular weight excluding hydrogens is 274 g/mol. The number of nitrogens with two attached hydrogens (primary N) is 1. The minimum atomic E-state index is -0.396.